The summed E-state index contributed by atoms with van der Waals surface area (Å²) in [7, 11) is 0. The third-order valence-electron chi connectivity index (χ3n) is 3.10. The molecule has 0 saturated heterocycles. The molecule has 1 rings (SSSR count). The average Bonchev–Trinajstić information content (AvgIpc) is 2.16. The van der Waals surface area contributed by atoms with Crippen LogP contribution in [-0.2, 0) is 14.4 Å². The fourth-order valence-electron chi connectivity index (χ4n) is 2.08. The number of carbonyl (C=O) groups excluding carboxylic acids is 2. The molecule has 0 radical (unpaired) electrons. The van der Waals surface area contributed by atoms with Crippen molar-refractivity contribution in [1.82, 2.24) is 0 Å². The zero-order valence-electron chi connectivity index (χ0n) is 8.91. The van der Waals surface area contributed by atoms with Gasteiger partial charge in [-0.15, -0.1) is 0 Å². The Bertz CT molecular complexity index is 295. The molecule has 1 atom stereocenters. The third-order valence-corrected chi connectivity index (χ3v) is 3.10. The minimum atomic E-state index is -1.27. The normalized spacial score (nSPS) is 26.3. The van der Waals surface area contributed by atoms with Gasteiger partial charge in [0.1, 0.15) is 17.0 Å². The quantitative estimate of drug-likeness (QED) is 0.718. The van der Waals surface area contributed by atoms with Crippen molar-refractivity contribution in [2.24, 2.45) is 5.41 Å². The van der Waals surface area contributed by atoms with Crippen LogP contribution >= 0.6 is 0 Å². The zero-order valence-corrected chi connectivity index (χ0v) is 8.91. The molecule has 0 aliphatic heterocycles. The van der Waals surface area contributed by atoms with Gasteiger partial charge in [-0.2, -0.15) is 0 Å². The second-order valence-electron chi connectivity index (χ2n) is 4.22. The van der Waals surface area contributed by atoms with Crippen LogP contribution in [0.1, 0.15) is 45.4 Å². The van der Waals surface area contributed by atoms with E-state index in [0.717, 1.165) is 12.8 Å². The summed E-state index contributed by atoms with van der Waals surface area (Å²) in [5.41, 5.74) is -1.27. The first-order valence-corrected chi connectivity index (χ1v) is 5.25. The number of rotatable bonds is 4. The van der Waals surface area contributed by atoms with E-state index in [1.807, 2.05) is 0 Å². The van der Waals surface area contributed by atoms with E-state index in [4.69, 9.17) is 5.11 Å². The van der Waals surface area contributed by atoms with Crippen LogP contribution in [0.4, 0.5) is 0 Å². The highest BCUT2D eigenvalue weighted by atomic mass is 16.4. The molecular formula is C11H16O4. The molecule has 1 aliphatic carbocycles. The van der Waals surface area contributed by atoms with Gasteiger partial charge in [-0.1, -0.05) is 6.42 Å². The third kappa shape index (κ3) is 2.43. The lowest BCUT2D eigenvalue weighted by Crippen LogP contribution is -2.41. The second-order valence-corrected chi connectivity index (χ2v) is 4.22. The topological polar surface area (TPSA) is 71.4 Å². The van der Waals surface area contributed by atoms with E-state index in [1.165, 1.54) is 6.92 Å². The van der Waals surface area contributed by atoms with Gasteiger partial charge in [-0.3, -0.25) is 9.59 Å². The molecule has 4 heteroatoms. The van der Waals surface area contributed by atoms with E-state index in [1.54, 1.807) is 0 Å². The Morgan fingerprint density at radius 3 is 2.53 bits per heavy atom. The fourth-order valence-corrected chi connectivity index (χ4v) is 2.08. The van der Waals surface area contributed by atoms with Crippen molar-refractivity contribution in [3.8, 4) is 0 Å². The molecule has 0 aromatic rings. The standard InChI is InChI=1S/C11H16O4/c1-8(12)5-7-11(10(14)15)6-3-2-4-9(11)13/h2-7H2,1H3,(H,14,15)/t11-/m0/s1. The summed E-state index contributed by atoms with van der Waals surface area (Å²) in [6, 6.07) is 0. The van der Waals surface area contributed by atoms with Crippen molar-refractivity contribution >= 4 is 17.5 Å². The molecular weight excluding hydrogens is 196 g/mol. The number of carboxylic acids is 1. The minimum Gasteiger partial charge on any atom is -0.480 e. The van der Waals surface area contributed by atoms with Gasteiger partial charge in [-0.25, -0.2) is 0 Å². The summed E-state index contributed by atoms with van der Waals surface area (Å²) in [5, 5.41) is 9.14. The molecule has 15 heavy (non-hydrogen) atoms. The van der Waals surface area contributed by atoms with Crippen molar-refractivity contribution in [3.05, 3.63) is 0 Å². The number of hydrogen-bond acceptors (Lipinski definition) is 3. The Balaban J connectivity index is 2.81. The van der Waals surface area contributed by atoms with E-state index in [9.17, 15) is 14.4 Å². The average molecular weight is 212 g/mol. The van der Waals surface area contributed by atoms with E-state index >= 15 is 0 Å². The maximum Gasteiger partial charge on any atom is 0.317 e. The van der Waals surface area contributed by atoms with Gasteiger partial charge in [0.05, 0.1) is 0 Å². The summed E-state index contributed by atoms with van der Waals surface area (Å²) in [6.45, 7) is 1.42. The van der Waals surface area contributed by atoms with Gasteiger partial charge in [-0.05, 0) is 26.2 Å². The molecule has 0 heterocycles. The lowest BCUT2D eigenvalue weighted by Gasteiger charge is -2.31. The molecule has 1 saturated carbocycles. The summed E-state index contributed by atoms with van der Waals surface area (Å²) < 4.78 is 0. The molecule has 0 unspecified atom stereocenters. The van der Waals surface area contributed by atoms with Gasteiger partial charge < -0.3 is 9.90 Å². The molecule has 0 spiro atoms. The maximum absolute atomic E-state index is 11.7. The Labute approximate surface area is 88.7 Å². The van der Waals surface area contributed by atoms with Crippen molar-refractivity contribution in [2.75, 3.05) is 0 Å². The van der Waals surface area contributed by atoms with E-state index < -0.39 is 11.4 Å². The highest BCUT2D eigenvalue weighted by Gasteiger charge is 2.46. The molecule has 84 valence electrons. The van der Waals surface area contributed by atoms with Gasteiger partial charge in [0.25, 0.3) is 0 Å². The SMILES string of the molecule is CC(=O)CC[C@@]1(C(=O)O)CCCCC1=O. The molecule has 0 aromatic carbocycles. The number of ketones is 2. The number of carboxylic acid groups (broad SMARTS) is 1. The molecule has 4 nitrogen and oxygen atoms in total. The highest BCUT2D eigenvalue weighted by Crippen LogP contribution is 2.37. The molecule has 0 bridgehead atoms. The predicted molar refractivity (Wildman–Crippen MR) is 53.5 cm³/mol. The molecule has 0 aromatic heterocycles. The van der Waals surface area contributed by atoms with Crippen LogP contribution in [0.2, 0.25) is 0 Å². The van der Waals surface area contributed by atoms with Crippen LogP contribution < -0.4 is 0 Å². The summed E-state index contributed by atoms with van der Waals surface area (Å²) in [4.78, 5) is 33.7. The number of hydrogen-bond donors (Lipinski definition) is 1. The first-order valence-electron chi connectivity index (χ1n) is 5.25. The van der Waals surface area contributed by atoms with Crippen LogP contribution in [0.25, 0.3) is 0 Å². The van der Waals surface area contributed by atoms with Crippen LogP contribution in [0.5, 0.6) is 0 Å². The van der Waals surface area contributed by atoms with Crippen molar-refractivity contribution in [1.29, 1.82) is 0 Å². The number of Topliss-reactive ketones (excluding diaryl/α,β-unsaturated/α-hetero) is 2. The monoisotopic (exact) mass is 212 g/mol. The second kappa shape index (κ2) is 4.55. The Kier molecular flexibility index (Phi) is 3.61. The molecule has 0 amide bonds. The first kappa shape index (κ1) is 11.9. The number of aliphatic carboxylic acids is 1. The first-order chi connectivity index (χ1) is 6.99. The van der Waals surface area contributed by atoms with Crippen LogP contribution in [0, 0.1) is 5.41 Å². The van der Waals surface area contributed by atoms with Crippen LogP contribution in [-0.4, -0.2) is 22.6 Å². The Morgan fingerprint density at radius 1 is 1.40 bits per heavy atom. The van der Waals surface area contributed by atoms with Gasteiger partial charge >= 0.3 is 5.97 Å². The zero-order chi connectivity index (χ0) is 11.5. The smallest absolute Gasteiger partial charge is 0.317 e. The van der Waals surface area contributed by atoms with E-state index in [-0.39, 0.29) is 24.4 Å². The van der Waals surface area contributed by atoms with Crippen molar-refractivity contribution < 1.29 is 19.5 Å². The Hall–Kier alpha value is -1.19. The molecule has 1 fully saturated rings. The predicted octanol–water partition coefficient (Wildman–Crippen LogP) is 1.57. The van der Waals surface area contributed by atoms with Crippen LogP contribution in [0.15, 0.2) is 0 Å². The minimum absolute atomic E-state index is 0.0611. The van der Waals surface area contributed by atoms with Crippen LogP contribution in [0.3, 0.4) is 0 Å². The lowest BCUT2D eigenvalue weighted by molar-refractivity contribution is -0.157. The highest BCUT2D eigenvalue weighted by molar-refractivity contribution is 6.03. The Morgan fingerprint density at radius 2 is 2.07 bits per heavy atom. The van der Waals surface area contributed by atoms with E-state index in [2.05, 4.69) is 0 Å². The van der Waals surface area contributed by atoms with Gasteiger partial charge in [0, 0.05) is 12.8 Å². The van der Waals surface area contributed by atoms with Crippen molar-refractivity contribution in [2.45, 2.75) is 45.4 Å². The maximum atomic E-state index is 11.7. The lowest BCUT2D eigenvalue weighted by atomic mass is 9.70. The summed E-state index contributed by atoms with van der Waals surface area (Å²) in [5.74, 6) is -1.33. The number of carbonyl (C=O) groups is 3. The van der Waals surface area contributed by atoms with Crippen molar-refractivity contribution in [3.63, 3.8) is 0 Å². The van der Waals surface area contributed by atoms with E-state index in [0.29, 0.717) is 12.8 Å². The fraction of sp³-hybridized carbons (Fsp3) is 0.727. The summed E-state index contributed by atoms with van der Waals surface area (Å²) in [6.07, 6.45) is 2.59. The molecule has 1 N–H and O–H groups in total. The van der Waals surface area contributed by atoms with Gasteiger partial charge in [0.15, 0.2) is 0 Å². The summed E-state index contributed by atoms with van der Waals surface area (Å²) >= 11 is 0. The largest absolute Gasteiger partial charge is 0.480 e. The van der Waals surface area contributed by atoms with Gasteiger partial charge in [0.2, 0.25) is 0 Å². The molecule has 1 aliphatic rings.